The monoisotopic (exact) mass is 510 g/mol. The summed E-state index contributed by atoms with van der Waals surface area (Å²) in [6.07, 6.45) is 3.31. The number of carboxylic acid groups (broad SMARTS) is 1. The highest BCUT2D eigenvalue weighted by Crippen LogP contribution is 2.28. The summed E-state index contributed by atoms with van der Waals surface area (Å²) in [5.41, 5.74) is 0.0765. The standard InChI is InChI=1S/C24H38N4O6S/c1-24(2,3)18-6-4-5-7-20(18)35(33,34)28-19(23(31)32)16-27-22(30)12-15-26-21(29)9-8-17-10-13-25-14-11-17/h4-7,17,19,25,28H,8-16H2,1-3H3,(H,26,29)(H,27,30)(H,31,32)/t19-/m0/s1. The van der Waals surface area contributed by atoms with Gasteiger partial charge in [0.15, 0.2) is 0 Å². The zero-order valence-electron chi connectivity index (χ0n) is 20.7. The van der Waals surface area contributed by atoms with Crippen molar-refractivity contribution < 1.29 is 27.9 Å². The minimum absolute atomic E-state index is 0.00252. The van der Waals surface area contributed by atoms with Gasteiger partial charge in [-0.05, 0) is 55.3 Å². The van der Waals surface area contributed by atoms with E-state index in [1.165, 1.54) is 6.07 Å². The molecule has 35 heavy (non-hydrogen) atoms. The molecule has 1 aliphatic heterocycles. The van der Waals surface area contributed by atoms with Gasteiger partial charge in [-0.3, -0.25) is 14.4 Å². The first kappa shape index (κ1) is 28.7. The summed E-state index contributed by atoms with van der Waals surface area (Å²) in [6.45, 7) is 7.24. The number of sulfonamides is 1. The van der Waals surface area contributed by atoms with Crippen molar-refractivity contribution in [3.8, 4) is 0 Å². The average Bonchev–Trinajstić information content (AvgIpc) is 2.80. The number of carbonyl (C=O) groups is 3. The maximum Gasteiger partial charge on any atom is 0.323 e. The molecule has 0 aromatic heterocycles. The number of benzene rings is 1. The Hall–Kier alpha value is -2.50. The Balaban J connectivity index is 1.82. The summed E-state index contributed by atoms with van der Waals surface area (Å²) >= 11 is 0. The van der Waals surface area contributed by atoms with Crippen LogP contribution >= 0.6 is 0 Å². The molecule has 196 valence electrons. The Morgan fingerprint density at radius 1 is 1.06 bits per heavy atom. The largest absolute Gasteiger partial charge is 0.480 e. The number of rotatable bonds is 12. The van der Waals surface area contributed by atoms with E-state index in [-0.39, 0.29) is 23.8 Å². The van der Waals surface area contributed by atoms with Crippen LogP contribution in [0.3, 0.4) is 0 Å². The predicted molar refractivity (Wildman–Crippen MR) is 132 cm³/mol. The molecule has 11 heteroatoms. The van der Waals surface area contributed by atoms with Crippen molar-refractivity contribution in [2.75, 3.05) is 26.2 Å². The predicted octanol–water partition coefficient (Wildman–Crippen LogP) is 1.12. The summed E-state index contributed by atoms with van der Waals surface area (Å²) < 4.78 is 28.1. The second kappa shape index (κ2) is 13.0. The van der Waals surface area contributed by atoms with E-state index in [9.17, 15) is 27.9 Å². The van der Waals surface area contributed by atoms with Gasteiger partial charge in [0.2, 0.25) is 21.8 Å². The molecule has 5 N–H and O–H groups in total. The highest BCUT2D eigenvalue weighted by Gasteiger charge is 2.30. The quantitative estimate of drug-likeness (QED) is 0.282. The van der Waals surface area contributed by atoms with Crippen LogP contribution in [0.1, 0.15) is 58.4 Å². The number of piperidine rings is 1. The van der Waals surface area contributed by atoms with E-state index in [0.717, 1.165) is 32.4 Å². The summed E-state index contributed by atoms with van der Waals surface area (Å²) in [5.74, 6) is -1.47. The smallest absolute Gasteiger partial charge is 0.323 e. The third-order valence-electron chi connectivity index (χ3n) is 6.00. The van der Waals surface area contributed by atoms with Crippen molar-refractivity contribution >= 4 is 27.8 Å². The fourth-order valence-corrected chi connectivity index (χ4v) is 5.57. The van der Waals surface area contributed by atoms with Crippen LogP contribution in [0.25, 0.3) is 0 Å². The minimum atomic E-state index is -4.15. The van der Waals surface area contributed by atoms with Crippen LogP contribution in [-0.2, 0) is 29.8 Å². The van der Waals surface area contributed by atoms with Crippen molar-refractivity contribution in [3.05, 3.63) is 29.8 Å². The highest BCUT2D eigenvalue weighted by atomic mass is 32.2. The van der Waals surface area contributed by atoms with Crippen molar-refractivity contribution in [3.63, 3.8) is 0 Å². The first-order chi connectivity index (χ1) is 16.4. The summed E-state index contributed by atoms with van der Waals surface area (Å²) in [7, 11) is -4.15. The van der Waals surface area contributed by atoms with E-state index < -0.39 is 39.9 Å². The molecule has 0 unspecified atom stereocenters. The topological polar surface area (TPSA) is 154 Å². The second-order valence-electron chi connectivity index (χ2n) is 9.89. The summed E-state index contributed by atoms with van der Waals surface area (Å²) in [5, 5.41) is 17.9. The Bertz CT molecular complexity index is 984. The lowest BCUT2D eigenvalue weighted by Gasteiger charge is -2.24. The van der Waals surface area contributed by atoms with Crippen LogP contribution < -0.4 is 20.7 Å². The summed E-state index contributed by atoms with van der Waals surface area (Å²) in [6, 6.07) is 4.86. The Morgan fingerprint density at radius 3 is 2.31 bits per heavy atom. The average molecular weight is 511 g/mol. The number of nitrogens with one attached hydrogen (secondary N) is 4. The van der Waals surface area contributed by atoms with Gasteiger partial charge < -0.3 is 21.1 Å². The number of carbonyl (C=O) groups excluding carboxylic acids is 2. The fraction of sp³-hybridized carbons (Fsp3) is 0.625. The lowest BCUT2D eigenvalue weighted by Crippen LogP contribution is -2.48. The molecule has 0 aliphatic carbocycles. The van der Waals surface area contributed by atoms with Gasteiger partial charge >= 0.3 is 5.97 Å². The lowest BCUT2D eigenvalue weighted by molar-refractivity contribution is -0.138. The Labute approximate surface area is 207 Å². The molecular weight excluding hydrogens is 472 g/mol. The number of aliphatic carboxylic acids is 1. The van der Waals surface area contributed by atoms with Gasteiger partial charge in [0.05, 0.1) is 4.90 Å². The normalized spacial score (nSPS) is 15.9. The van der Waals surface area contributed by atoms with Crippen molar-refractivity contribution in [2.45, 2.75) is 69.2 Å². The SMILES string of the molecule is CC(C)(C)c1ccccc1S(=O)(=O)N[C@@H](CNC(=O)CCNC(=O)CCC1CCNCC1)C(=O)O. The van der Waals surface area contributed by atoms with Crippen LogP contribution in [0.4, 0.5) is 0 Å². The molecule has 1 aromatic rings. The molecular formula is C24H38N4O6S. The van der Waals surface area contributed by atoms with Crippen LogP contribution in [0.5, 0.6) is 0 Å². The first-order valence-corrected chi connectivity index (χ1v) is 13.5. The molecule has 0 bridgehead atoms. The zero-order valence-corrected chi connectivity index (χ0v) is 21.5. The lowest BCUT2D eigenvalue weighted by atomic mass is 9.87. The van der Waals surface area contributed by atoms with E-state index >= 15 is 0 Å². The van der Waals surface area contributed by atoms with Crippen LogP contribution in [-0.4, -0.2) is 63.5 Å². The second-order valence-corrected chi connectivity index (χ2v) is 11.6. The van der Waals surface area contributed by atoms with Crippen molar-refractivity contribution in [1.82, 2.24) is 20.7 Å². The van der Waals surface area contributed by atoms with Crippen molar-refractivity contribution in [2.24, 2.45) is 5.92 Å². The maximum atomic E-state index is 12.9. The van der Waals surface area contributed by atoms with Crippen LogP contribution in [0.2, 0.25) is 0 Å². The van der Waals surface area contributed by atoms with Gasteiger partial charge in [-0.1, -0.05) is 39.0 Å². The van der Waals surface area contributed by atoms with Crippen LogP contribution in [0.15, 0.2) is 29.2 Å². The molecule has 1 fully saturated rings. The number of hydrogen-bond acceptors (Lipinski definition) is 6. The molecule has 1 saturated heterocycles. The highest BCUT2D eigenvalue weighted by molar-refractivity contribution is 7.89. The van der Waals surface area contributed by atoms with Gasteiger partial charge in [-0.25, -0.2) is 8.42 Å². The Kier molecular flexibility index (Phi) is 10.7. The molecule has 0 saturated carbocycles. The van der Waals surface area contributed by atoms with E-state index in [0.29, 0.717) is 17.9 Å². The molecule has 2 amide bonds. The number of amides is 2. The maximum absolute atomic E-state index is 12.9. The molecule has 1 heterocycles. The third-order valence-corrected chi connectivity index (χ3v) is 7.53. The van der Waals surface area contributed by atoms with E-state index in [2.05, 4.69) is 20.7 Å². The number of hydrogen-bond donors (Lipinski definition) is 5. The molecule has 0 radical (unpaired) electrons. The van der Waals surface area contributed by atoms with Gasteiger partial charge in [-0.15, -0.1) is 0 Å². The van der Waals surface area contributed by atoms with Gasteiger partial charge in [0, 0.05) is 25.9 Å². The van der Waals surface area contributed by atoms with Gasteiger partial charge in [-0.2, -0.15) is 4.72 Å². The zero-order chi connectivity index (χ0) is 26.1. The summed E-state index contributed by atoms with van der Waals surface area (Å²) in [4.78, 5) is 35.8. The Morgan fingerprint density at radius 2 is 1.69 bits per heavy atom. The van der Waals surface area contributed by atoms with E-state index in [1.54, 1.807) is 18.2 Å². The third kappa shape index (κ3) is 9.58. The fourth-order valence-electron chi connectivity index (χ4n) is 3.96. The molecule has 0 spiro atoms. The van der Waals surface area contributed by atoms with Gasteiger partial charge in [0.25, 0.3) is 0 Å². The van der Waals surface area contributed by atoms with Crippen molar-refractivity contribution in [1.29, 1.82) is 0 Å². The molecule has 10 nitrogen and oxygen atoms in total. The molecule has 1 aliphatic rings. The molecule has 1 aromatic carbocycles. The molecule has 2 rings (SSSR count). The van der Waals surface area contributed by atoms with Crippen LogP contribution in [0, 0.1) is 5.92 Å². The molecule has 1 atom stereocenters. The number of carboxylic acids is 1. The first-order valence-electron chi connectivity index (χ1n) is 12.0. The minimum Gasteiger partial charge on any atom is -0.480 e. The van der Waals surface area contributed by atoms with E-state index in [4.69, 9.17) is 0 Å². The van der Waals surface area contributed by atoms with Gasteiger partial charge in [0.1, 0.15) is 6.04 Å². The van der Waals surface area contributed by atoms with E-state index in [1.807, 2.05) is 20.8 Å².